The number of hydrogen-bond donors (Lipinski definition) is 1. The molecule has 2 fully saturated rings. The largest absolute Gasteiger partial charge is 0.468 e. The number of furan rings is 1. The van der Waals surface area contributed by atoms with E-state index in [1.807, 2.05) is 25.1 Å². The van der Waals surface area contributed by atoms with Gasteiger partial charge in [0.15, 0.2) is 0 Å². The monoisotopic (exact) mass is 368 g/mol. The van der Waals surface area contributed by atoms with Crippen molar-refractivity contribution in [1.29, 1.82) is 0 Å². The molecule has 6 nitrogen and oxygen atoms in total. The second-order valence-electron chi connectivity index (χ2n) is 8.27. The summed E-state index contributed by atoms with van der Waals surface area (Å²) < 4.78 is 33.7. The molecule has 140 valence electrons. The molecular weight excluding hydrogens is 340 g/mol. The summed E-state index contributed by atoms with van der Waals surface area (Å²) in [6.07, 6.45) is 3.73. The van der Waals surface area contributed by atoms with E-state index < -0.39 is 15.4 Å². The summed E-state index contributed by atoms with van der Waals surface area (Å²) in [5.41, 5.74) is -0.984. The maximum atomic E-state index is 12.8. The van der Waals surface area contributed by atoms with Crippen LogP contribution in [-0.2, 0) is 14.8 Å². The van der Waals surface area contributed by atoms with Crippen LogP contribution in [0.1, 0.15) is 44.9 Å². The third-order valence-electron chi connectivity index (χ3n) is 6.57. The molecule has 1 aromatic heterocycles. The van der Waals surface area contributed by atoms with Gasteiger partial charge < -0.3 is 4.42 Å². The fourth-order valence-electron chi connectivity index (χ4n) is 4.71. The average molecular weight is 368 g/mol. The number of hydrogen-bond acceptors (Lipinski definition) is 5. The van der Waals surface area contributed by atoms with E-state index in [2.05, 4.69) is 18.6 Å². The number of nitrogens with one attached hydrogen (secondary N) is 1. The molecule has 0 aliphatic heterocycles. The lowest BCUT2D eigenvalue weighted by Gasteiger charge is -2.36. The first kappa shape index (κ1) is 18.6. The Morgan fingerprint density at radius 1 is 1.40 bits per heavy atom. The van der Waals surface area contributed by atoms with E-state index in [-0.39, 0.29) is 29.5 Å². The topological polar surface area (TPSA) is 79.6 Å². The Hall–Kier alpha value is -1.18. The van der Waals surface area contributed by atoms with Crippen molar-refractivity contribution in [2.75, 3.05) is 26.4 Å². The fraction of sp³-hybridized carbons (Fsp3) is 0.722. The van der Waals surface area contributed by atoms with Crippen LogP contribution < -0.4 is 4.72 Å². The van der Waals surface area contributed by atoms with E-state index in [1.165, 1.54) is 0 Å². The number of carbonyl (C=O) groups is 1. The number of rotatable bonds is 7. The van der Waals surface area contributed by atoms with Crippen LogP contribution in [0, 0.1) is 16.7 Å². The summed E-state index contributed by atoms with van der Waals surface area (Å²) in [6, 6.07) is 3.44. The molecule has 2 saturated carbocycles. The van der Waals surface area contributed by atoms with Crippen molar-refractivity contribution in [3.8, 4) is 0 Å². The van der Waals surface area contributed by atoms with Crippen LogP contribution in [0.15, 0.2) is 22.8 Å². The van der Waals surface area contributed by atoms with Crippen LogP contribution in [0.3, 0.4) is 0 Å². The number of nitrogens with zero attached hydrogens (tertiary/aromatic N) is 1. The van der Waals surface area contributed by atoms with E-state index >= 15 is 0 Å². The summed E-state index contributed by atoms with van der Waals surface area (Å²) in [7, 11) is 0.189. The number of fused-ring (bicyclic) bond motifs is 2. The molecule has 2 aliphatic rings. The fourth-order valence-corrected chi connectivity index (χ4v) is 6.55. The Bertz CT molecular complexity index is 739. The molecule has 3 rings (SSSR count). The lowest BCUT2D eigenvalue weighted by atomic mass is 9.70. The average Bonchev–Trinajstić information content (AvgIpc) is 3.13. The first-order chi connectivity index (χ1) is 11.6. The molecule has 0 aromatic carbocycles. The minimum Gasteiger partial charge on any atom is -0.468 e. The highest BCUT2D eigenvalue weighted by Gasteiger charge is 2.65. The molecule has 2 bridgehead atoms. The third kappa shape index (κ3) is 3.06. The second-order valence-corrected chi connectivity index (χ2v) is 10.1. The van der Waals surface area contributed by atoms with E-state index in [4.69, 9.17) is 4.42 Å². The van der Waals surface area contributed by atoms with Crippen LogP contribution >= 0.6 is 0 Å². The lowest BCUT2D eigenvalue weighted by molar-refractivity contribution is -0.128. The SMILES string of the molecule is CN(C)C(CNS(=O)(=O)CC12CCC(CC1=O)C2(C)C)c1ccco1. The van der Waals surface area contributed by atoms with E-state index in [9.17, 15) is 13.2 Å². The lowest BCUT2D eigenvalue weighted by Crippen LogP contribution is -2.46. The van der Waals surface area contributed by atoms with Gasteiger partial charge in [0.2, 0.25) is 10.0 Å². The van der Waals surface area contributed by atoms with Crippen molar-refractivity contribution >= 4 is 15.8 Å². The van der Waals surface area contributed by atoms with Gasteiger partial charge in [-0.3, -0.25) is 9.69 Å². The summed E-state index contributed by atoms with van der Waals surface area (Å²) in [5.74, 6) is 1.03. The van der Waals surface area contributed by atoms with Gasteiger partial charge in [-0.1, -0.05) is 13.8 Å². The molecule has 0 saturated heterocycles. The Morgan fingerprint density at radius 2 is 2.12 bits per heavy atom. The van der Waals surface area contributed by atoms with Crippen molar-refractivity contribution in [3.05, 3.63) is 24.2 Å². The van der Waals surface area contributed by atoms with Gasteiger partial charge in [-0.15, -0.1) is 0 Å². The van der Waals surface area contributed by atoms with E-state index in [1.54, 1.807) is 12.3 Å². The molecule has 1 N–H and O–H groups in total. The Balaban J connectivity index is 1.73. The molecule has 3 unspecified atom stereocenters. The van der Waals surface area contributed by atoms with E-state index in [0.717, 1.165) is 6.42 Å². The molecule has 0 amide bonds. The van der Waals surface area contributed by atoms with Gasteiger partial charge >= 0.3 is 0 Å². The zero-order valence-corrected chi connectivity index (χ0v) is 16.2. The number of Topliss-reactive ketones (excluding diaryl/α,β-unsaturated/α-hetero) is 1. The van der Waals surface area contributed by atoms with Crippen molar-refractivity contribution in [1.82, 2.24) is 9.62 Å². The molecule has 25 heavy (non-hydrogen) atoms. The maximum Gasteiger partial charge on any atom is 0.212 e. The normalized spacial score (nSPS) is 29.5. The summed E-state index contributed by atoms with van der Waals surface area (Å²) in [5, 5.41) is 0. The number of ketones is 1. The van der Waals surface area contributed by atoms with Crippen molar-refractivity contribution in [2.45, 2.75) is 39.2 Å². The van der Waals surface area contributed by atoms with Gasteiger partial charge in [-0.2, -0.15) is 0 Å². The third-order valence-corrected chi connectivity index (χ3v) is 8.05. The molecule has 7 heteroatoms. The Morgan fingerprint density at radius 3 is 2.60 bits per heavy atom. The highest BCUT2D eigenvalue weighted by molar-refractivity contribution is 7.89. The summed E-state index contributed by atoms with van der Waals surface area (Å²) >= 11 is 0. The standard InChI is InChI=1S/C18H28N2O4S/c1-17(2)13-7-8-18(17,16(21)10-13)12-25(22,23)19-11-14(20(3)4)15-6-5-9-24-15/h5-6,9,13-14,19H,7-8,10-12H2,1-4H3. The zero-order chi connectivity index (χ0) is 18.5. The quantitative estimate of drug-likeness (QED) is 0.798. The van der Waals surface area contributed by atoms with Gasteiger partial charge in [0, 0.05) is 18.4 Å². The van der Waals surface area contributed by atoms with Gasteiger partial charge in [0.25, 0.3) is 0 Å². The molecule has 2 aliphatic carbocycles. The van der Waals surface area contributed by atoms with Crippen molar-refractivity contribution < 1.29 is 17.6 Å². The Labute approximate surface area is 150 Å². The molecule has 1 aromatic rings. The van der Waals surface area contributed by atoms with Crippen LogP contribution in [0.5, 0.6) is 0 Å². The van der Waals surface area contributed by atoms with Crippen molar-refractivity contribution in [3.63, 3.8) is 0 Å². The maximum absolute atomic E-state index is 12.8. The first-order valence-electron chi connectivity index (χ1n) is 8.79. The highest BCUT2D eigenvalue weighted by atomic mass is 32.2. The zero-order valence-electron chi connectivity index (χ0n) is 15.4. The molecule has 3 atom stereocenters. The second kappa shape index (κ2) is 6.21. The van der Waals surface area contributed by atoms with Crippen LogP contribution in [0.25, 0.3) is 0 Å². The minimum atomic E-state index is -3.57. The summed E-state index contributed by atoms with van der Waals surface area (Å²) in [6.45, 7) is 4.32. The molecular formula is C18H28N2O4S. The smallest absolute Gasteiger partial charge is 0.212 e. The number of sulfonamides is 1. The van der Waals surface area contributed by atoms with Gasteiger partial charge in [-0.05, 0) is 50.4 Å². The predicted molar refractivity (Wildman–Crippen MR) is 95.5 cm³/mol. The summed E-state index contributed by atoms with van der Waals surface area (Å²) in [4.78, 5) is 14.5. The van der Waals surface area contributed by atoms with Gasteiger partial charge in [0.05, 0.1) is 18.1 Å². The number of likely N-dealkylation sites (N-methyl/N-ethyl adjacent to an activating group) is 1. The van der Waals surface area contributed by atoms with Gasteiger partial charge in [-0.25, -0.2) is 13.1 Å². The van der Waals surface area contributed by atoms with Crippen LogP contribution in [-0.4, -0.2) is 45.5 Å². The first-order valence-corrected chi connectivity index (χ1v) is 10.4. The van der Waals surface area contributed by atoms with Gasteiger partial charge in [0.1, 0.15) is 11.5 Å². The predicted octanol–water partition coefficient (Wildman–Crippen LogP) is 2.20. The van der Waals surface area contributed by atoms with Crippen molar-refractivity contribution in [2.24, 2.45) is 16.7 Å². The Kier molecular flexibility index (Phi) is 4.62. The molecule has 1 heterocycles. The number of carbonyl (C=O) groups excluding carboxylic acids is 1. The molecule has 0 radical (unpaired) electrons. The molecule has 0 spiro atoms. The highest BCUT2D eigenvalue weighted by Crippen LogP contribution is 2.64. The van der Waals surface area contributed by atoms with Crippen LogP contribution in [0.4, 0.5) is 0 Å². The van der Waals surface area contributed by atoms with Crippen LogP contribution in [0.2, 0.25) is 0 Å². The minimum absolute atomic E-state index is 0.110. The van der Waals surface area contributed by atoms with E-state index in [0.29, 0.717) is 24.5 Å².